The van der Waals surface area contributed by atoms with Crippen molar-refractivity contribution in [1.29, 1.82) is 0 Å². The van der Waals surface area contributed by atoms with Gasteiger partial charge in [-0.3, -0.25) is 0 Å². The van der Waals surface area contributed by atoms with Gasteiger partial charge in [0, 0.05) is 42.2 Å². The van der Waals surface area contributed by atoms with Crippen LogP contribution in [0, 0.1) is 18.6 Å². The predicted octanol–water partition coefficient (Wildman–Crippen LogP) is 3.65. The first-order valence-corrected chi connectivity index (χ1v) is 8.69. The molecule has 2 N–H and O–H groups in total. The van der Waals surface area contributed by atoms with Crippen molar-refractivity contribution in [3.05, 3.63) is 53.6 Å². The van der Waals surface area contributed by atoms with Gasteiger partial charge in [0.1, 0.15) is 23.8 Å². The van der Waals surface area contributed by atoms with Gasteiger partial charge < -0.3 is 15.0 Å². The van der Waals surface area contributed by atoms with Crippen LogP contribution in [-0.2, 0) is 6.54 Å². The molecule has 2 unspecified atom stereocenters. The van der Waals surface area contributed by atoms with Crippen LogP contribution in [0.5, 0.6) is 5.75 Å². The van der Waals surface area contributed by atoms with Crippen LogP contribution in [0.25, 0.3) is 11.0 Å². The molecule has 7 heteroatoms. The Bertz CT molecular complexity index is 956. The fraction of sp³-hybridized carbons (Fsp3) is 0.368. The van der Waals surface area contributed by atoms with Gasteiger partial charge in [-0.15, -0.1) is 0 Å². The Morgan fingerprint density at radius 1 is 1.23 bits per heavy atom. The summed E-state index contributed by atoms with van der Waals surface area (Å²) in [5.41, 5.74) is 7.98. The quantitative estimate of drug-likeness (QED) is 0.773. The fourth-order valence-corrected chi connectivity index (χ4v) is 3.69. The number of hydrogen-bond acceptors (Lipinski definition) is 4. The molecule has 0 amide bonds. The highest BCUT2D eigenvalue weighted by Gasteiger charge is 2.29. The van der Waals surface area contributed by atoms with Gasteiger partial charge >= 0.3 is 0 Å². The Hall–Kier alpha value is -2.54. The molecule has 0 saturated heterocycles. The van der Waals surface area contributed by atoms with Crippen molar-refractivity contribution in [1.82, 2.24) is 14.5 Å². The molecule has 1 aliphatic carbocycles. The third-order valence-corrected chi connectivity index (χ3v) is 5.08. The maximum absolute atomic E-state index is 13.6. The van der Waals surface area contributed by atoms with Gasteiger partial charge in [-0.25, -0.2) is 18.7 Å². The lowest BCUT2D eigenvalue weighted by molar-refractivity contribution is 0.201. The molecular weight excluding hydrogens is 338 g/mol. The predicted molar refractivity (Wildman–Crippen MR) is 93.8 cm³/mol. The molecule has 26 heavy (non-hydrogen) atoms. The monoisotopic (exact) mass is 358 g/mol. The molecule has 1 fully saturated rings. The van der Waals surface area contributed by atoms with Gasteiger partial charge in [0.05, 0.1) is 5.69 Å². The summed E-state index contributed by atoms with van der Waals surface area (Å²) in [5.74, 6) is -1.50. The number of benzene rings is 1. The average molecular weight is 358 g/mol. The number of aromatic nitrogens is 3. The van der Waals surface area contributed by atoms with Gasteiger partial charge in [-0.1, -0.05) is 0 Å². The summed E-state index contributed by atoms with van der Waals surface area (Å²) < 4.78 is 35.1. The van der Waals surface area contributed by atoms with E-state index in [-0.39, 0.29) is 18.7 Å². The Morgan fingerprint density at radius 3 is 2.85 bits per heavy atom. The molecule has 2 heterocycles. The maximum atomic E-state index is 13.6. The minimum absolute atomic E-state index is 0.0736. The van der Waals surface area contributed by atoms with Crippen molar-refractivity contribution in [3.8, 4) is 5.75 Å². The Labute approximate surface area is 149 Å². The molecule has 5 nitrogen and oxygen atoms in total. The summed E-state index contributed by atoms with van der Waals surface area (Å²) in [6.07, 6.45) is 6.07. The summed E-state index contributed by atoms with van der Waals surface area (Å²) in [4.78, 5) is 8.63. The number of halogens is 2. The number of aryl methyl sites for hydroxylation is 1. The summed E-state index contributed by atoms with van der Waals surface area (Å²) in [6.45, 7) is 2.06. The molecule has 136 valence electrons. The van der Waals surface area contributed by atoms with Crippen molar-refractivity contribution < 1.29 is 13.5 Å². The van der Waals surface area contributed by atoms with Gasteiger partial charge in [0.25, 0.3) is 0 Å². The first-order chi connectivity index (χ1) is 12.6. The molecule has 1 aliphatic rings. The van der Waals surface area contributed by atoms with E-state index in [4.69, 9.17) is 10.5 Å². The third-order valence-electron chi connectivity index (χ3n) is 5.08. The van der Waals surface area contributed by atoms with E-state index in [1.807, 2.05) is 19.2 Å². The lowest BCUT2D eigenvalue weighted by atomic mass is 10.2. The van der Waals surface area contributed by atoms with Crippen LogP contribution in [0.15, 0.2) is 30.7 Å². The average Bonchev–Trinajstić information content (AvgIpc) is 3.25. The largest absolute Gasteiger partial charge is 0.490 e. The first kappa shape index (κ1) is 16.9. The first-order valence-electron chi connectivity index (χ1n) is 8.69. The van der Waals surface area contributed by atoms with Crippen LogP contribution in [0.1, 0.15) is 36.6 Å². The summed E-state index contributed by atoms with van der Waals surface area (Å²) in [7, 11) is 0. The van der Waals surface area contributed by atoms with Gasteiger partial charge in [0.15, 0.2) is 11.6 Å². The van der Waals surface area contributed by atoms with Gasteiger partial charge in [0.2, 0.25) is 0 Å². The lowest BCUT2D eigenvalue weighted by Gasteiger charge is -2.18. The standard InChI is InChI=1S/C19H20F2N4O/c1-11-15-4-5-25(19(15)24-10-23-11)13-2-3-14(7-13)26-18-8-17(21)16(20)6-12(18)9-22/h4-6,8,10,13-14H,2-3,7,9,22H2,1H3. The van der Waals surface area contributed by atoms with E-state index in [2.05, 4.69) is 14.5 Å². The van der Waals surface area contributed by atoms with Crippen LogP contribution in [0.3, 0.4) is 0 Å². The number of ether oxygens (including phenoxy) is 1. The van der Waals surface area contributed by atoms with Crippen LogP contribution < -0.4 is 10.5 Å². The molecule has 1 saturated carbocycles. The SMILES string of the molecule is Cc1ncnc2c1ccn2C1CCC(Oc2cc(F)c(F)cc2CN)C1. The highest BCUT2D eigenvalue weighted by molar-refractivity contribution is 5.78. The number of fused-ring (bicyclic) bond motifs is 1. The smallest absolute Gasteiger partial charge is 0.162 e. The summed E-state index contributed by atoms with van der Waals surface area (Å²) >= 11 is 0. The second-order valence-electron chi connectivity index (χ2n) is 6.70. The second kappa shape index (κ2) is 6.64. The van der Waals surface area contributed by atoms with E-state index in [9.17, 15) is 8.78 Å². The zero-order valence-corrected chi connectivity index (χ0v) is 14.5. The topological polar surface area (TPSA) is 66.0 Å². The molecule has 0 radical (unpaired) electrons. The lowest BCUT2D eigenvalue weighted by Crippen LogP contribution is -2.15. The van der Waals surface area contributed by atoms with E-state index < -0.39 is 11.6 Å². The molecule has 0 bridgehead atoms. The van der Waals surface area contributed by atoms with E-state index in [1.54, 1.807) is 6.33 Å². The highest BCUT2D eigenvalue weighted by atomic mass is 19.2. The van der Waals surface area contributed by atoms with Crippen LogP contribution in [0.4, 0.5) is 8.78 Å². The molecule has 3 aromatic rings. The van der Waals surface area contributed by atoms with Crippen LogP contribution in [0.2, 0.25) is 0 Å². The Kier molecular flexibility index (Phi) is 4.32. The van der Waals surface area contributed by atoms with Gasteiger partial charge in [-0.2, -0.15) is 0 Å². The van der Waals surface area contributed by atoms with Crippen molar-refractivity contribution in [2.75, 3.05) is 0 Å². The Balaban J connectivity index is 1.54. The third kappa shape index (κ3) is 2.92. The molecule has 2 aromatic heterocycles. The molecule has 0 spiro atoms. The molecule has 1 aromatic carbocycles. The second-order valence-corrected chi connectivity index (χ2v) is 6.70. The molecule has 0 aliphatic heterocycles. The van der Waals surface area contributed by atoms with Crippen molar-refractivity contribution >= 4 is 11.0 Å². The highest BCUT2D eigenvalue weighted by Crippen LogP contribution is 2.36. The van der Waals surface area contributed by atoms with Crippen LogP contribution >= 0.6 is 0 Å². The van der Waals surface area contributed by atoms with E-state index in [0.29, 0.717) is 11.3 Å². The van der Waals surface area contributed by atoms with E-state index in [0.717, 1.165) is 48.1 Å². The zero-order chi connectivity index (χ0) is 18.3. The molecule has 4 rings (SSSR count). The molecular formula is C19H20F2N4O. The minimum Gasteiger partial charge on any atom is -0.490 e. The minimum atomic E-state index is -0.921. The van der Waals surface area contributed by atoms with Crippen molar-refractivity contribution in [3.63, 3.8) is 0 Å². The van der Waals surface area contributed by atoms with E-state index >= 15 is 0 Å². The fourth-order valence-electron chi connectivity index (χ4n) is 3.69. The summed E-state index contributed by atoms with van der Waals surface area (Å²) in [5, 5.41) is 1.04. The van der Waals surface area contributed by atoms with E-state index in [1.165, 1.54) is 0 Å². The number of nitrogens with zero attached hydrogens (tertiary/aromatic N) is 3. The van der Waals surface area contributed by atoms with Crippen molar-refractivity contribution in [2.24, 2.45) is 5.73 Å². The summed E-state index contributed by atoms with van der Waals surface area (Å²) in [6, 6.07) is 4.47. The number of hydrogen-bond donors (Lipinski definition) is 1. The Morgan fingerprint density at radius 2 is 2.04 bits per heavy atom. The van der Waals surface area contributed by atoms with Gasteiger partial charge in [-0.05, 0) is 31.9 Å². The molecule has 2 atom stereocenters. The zero-order valence-electron chi connectivity index (χ0n) is 14.5. The number of nitrogens with two attached hydrogens (primary N) is 1. The normalized spacial score (nSPS) is 20.0. The maximum Gasteiger partial charge on any atom is 0.162 e. The van der Waals surface area contributed by atoms with Crippen LogP contribution in [-0.4, -0.2) is 20.6 Å². The van der Waals surface area contributed by atoms with Crippen molar-refractivity contribution in [2.45, 2.75) is 44.9 Å². The number of rotatable bonds is 4.